The van der Waals surface area contributed by atoms with Gasteiger partial charge < -0.3 is 5.32 Å². The van der Waals surface area contributed by atoms with Crippen LogP contribution in [0.3, 0.4) is 0 Å². The second kappa shape index (κ2) is 8.93. The van der Waals surface area contributed by atoms with Crippen molar-refractivity contribution in [2.24, 2.45) is 0 Å². The van der Waals surface area contributed by atoms with Gasteiger partial charge in [-0.3, -0.25) is 14.0 Å². The first-order valence-corrected chi connectivity index (χ1v) is 10.2. The van der Waals surface area contributed by atoms with Gasteiger partial charge in [0.1, 0.15) is 6.33 Å². The van der Waals surface area contributed by atoms with Gasteiger partial charge in [-0.15, -0.1) is 10.2 Å². The maximum absolute atomic E-state index is 12.3. The number of halogens is 1. The largest absolute Gasteiger partial charge is 0.325 e. The molecule has 2 aromatic carbocycles. The zero-order valence-corrected chi connectivity index (χ0v) is 16.8. The van der Waals surface area contributed by atoms with E-state index in [4.69, 9.17) is 11.6 Å². The van der Waals surface area contributed by atoms with Crippen LogP contribution >= 0.6 is 23.4 Å². The number of rotatable bonds is 7. The Balaban J connectivity index is 1.33. The summed E-state index contributed by atoms with van der Waals surface area (Å²) in [6, 6.07) is 17.0. The molecule has 1 amide bonds. The highest BCUT2D eigenvalue weighted by atomic mass is 35.5. The Morgan fingerprint density at radius 1 is 1.14 bits per heavy atom. The smallest absolute Gasteiger partial charge is 0.234 e. The number of nitrogens with one attached hydrogen (secondary N) is 1. The standard InChI is InChI=1S/C20H17ClN6OS/c21-16-3-1-4-18(11-16)27-14-22-25-20(27)29-13-19(28)24-17-7-5-15(6-8-17)12-26-10-2-9-23-26/h1-11,14H,12-13H2,(H,24,28). The van der Waals surface area contributed by atoms with Gasteiger partial charge in [0.25, 0.3) is 0 Å². The quantitative estimate of drug-likeness (QED) is 0.455. The molecule has 0 aliphatic heterocycles. The zero-order chi connectivity index (χ0) is 20.1. The van der Waals surface area contributed by atoms with E-state index in [-0.39, 0.29) is 11.7 Å². The Morgan fingerprint density at radius 3 is 2.76 bits per heavy atom. The van der Waals surface area contributed by atoms with E-state index in [0.717, 1.165) is 16.9 Å². The highest BCUT2D eigenvalue weighted by Gasteiger charge is 2.11. The van der Waals surface area contributed by atoms with Crippen LogP contribution in [-0.2, 0) is 11.3 Å². The second-order valence-corrected chi connectivity index (χ2v) is 7.58. The zero-order valence-electron chi connectivity index (χ0n) is 15.3. The van der Waals surface area contributed by atoms with Crippen LogP contribution in [0.1, 0.15) is 5.56 Å². The molecule has 0 saturated carbocycles. The van der Waals surface area contributed by atoms with Crippen LogP contribution in [0.5, 0.6) is 0 Å². The third kappa shape index (κ3) is 5.04. The summed E-state index contributed by atoms with van der Waals surface area (Å²) in [5.41, 5.74) is 2.70. The van der Waals surface area contributed by atoms with Crippen LogP contribution < -0.4 is 5.32 Å². The van der Waals surface area contributed by atoms with Crippen molar-refractivity contribution in [3.05, 3.63) is 83.9 Å². The summed E-state index contributed by atoms with van der Waals surface area (Å²) >= 11 is 7.36. The molecule has 4 rings (SSSR count). The summed E-state index contributed by atoms with van der Waals surface area (Å²) in [5.74, 6) is 0.101. The minimum Gasteiger partial charge on any atom is -0.325 e. The van der Waals surface area contributed by atoms with Gasteiger partial charge in [0.15, 0.2) is 5.16 Å². The van der Waals surface area contributed by atoms with Crippen molar-refractivity contribution in [1.82, 2.24) is 24.5 Å². The van der Waals surface area contributed by atoms with Crippen LogP contribution in [0.25, 0.3) is 5.69 Å². The molecule has 0 spiro atoms. The van der Waals surface area contributed by atoms with Crippen molar-refractivity contribution in [2.45, 2.75) is 11.7 Å². The fourth-order valence-corrected chi connectivity index (χ4v) is 3.64. The lowest BCUT2D eigenvalue weighted by Gasteiger charge is -2.08. The number of benzene rings is 2. The molecule has 0 fully saturated rings. The molecule has 0 saturated heterocycles. The Labute approximate surface area is 176 Å². The molecular weight excluding hydrogens is 408 g/mol. The van der Waals surface area contributed by atoms with Gasteiger partial charge in [-0.05, 0) is 42.0 Å². The number of carbonyl (C=O) groups is 1. The first-order valence-electron chi connectivity index (χ1n) is 8.82. The molecule has 146 valence electrons. The number of amides is 1. The number of aromatic nitrogens is 5. The van der Waals surface area contributed by atoms with E-state index in [9.17, 15) is 4.79 Å². The minimum atomic E-state index is -0.115. The molecule has 2 heterocycles. The Kier molecular flexibility index (Phi) is 5.92. The van der Waals surface area contributed by atoms with Gasteiger partial charge in [0.05, 0.1) is 18.0 Å². The maximum Gasteiger partial charge on any atom is 0.234 e. The Bertz CT molecular complexity index is 1090. The van der Waals surface area contributed by atoms with Gasteiger partial charge in [-0.25, -0.2) is 0 Å². The summed E-state index contributed by atoms with van der Waals surface area (Å²) in [5, 5.41) is 16.4. The average Bonchev–Trinajstić information content (AvgIpc) is 3.40. The van der Waals surface area contributed by atoms with E-state index in [2.05, 4.69) is 20.6 Å². The van der Waals surface area contributed by atoms with Gasteiger partial charge in [0.2, 0.25) is 5.91 Å². The number of anilines is 1. The van der Waals surface area contributed by atoms with Crippen LogP contribution in [0.2, 0.25) is 5.02 Å². The van der Waals surface area contributed by atoms with E-state index < -0.39 is 0 Å². The fraction of sp³-hybridized carbons (Fsp3) is 0.100. The number of carbonyl (C=O) groups excluding carboxylic acids is 1. The molecule has 0 aliphatic rings. The molecule has 4 aromatic rings. The van der Waals surface area contributed by atoms with E-state index in [1.807, 2.05) is 59.4 Å². The lowest BCUT2D eigenvalue weighted by molar-refractivity contribution is -0.113. The molecule has 0 aliphatic carbocycles. The van der Waals surface area contributed by atoms with Crippen molar-refractivity contribution >= 4 is 35.0 Å². The van der Waals surface area contributed by atoms with Crippen molar-refractivity contribution in [1.29, 1.82) is 0 Å². The Hall–Kier alpha value is -3.10. The van der Waals surface area contributed by atoms with Gasteiger partial charge in [0, 0.05) is 23.1 Å². The fourth-order valence-electron chi connectivity index (χ4n) is 2.73. The van der Waals surface area contributed by atoms with Crippen LogP contribution in [-0.4, -0.2) is 36.2 Å². The molecule has 1 N–H and O–H groups in total. The van der Waals surface area contributed by atoms with Crippen molar-refractivity contribution < 1.29 is 4.79 Å². The molecule has 2 aromatic heterocycles. The van der Waals surface area contributed by atoms with Crippen LogP contribution in [0.4, 0.5) is 5.69 Å². The van der Waals surface area contributed by atoms with Crippen LogP contribution in [0.15, 0.2) is 78.5 Å². The lowest BCUT2D eigenvalue weighted by Crippen LogP contribution is -2.14. The SMILES string of the molecule is O=C(CSc1nncn1-c1cccc(Cl)c1)Nc1ccc(Cn2cccn2)cc1. The minimum absolute atomic E-state index is 0.115. The molecular formula is C20H17ClN6OS. The molecule has 29 heavy (non-hydrogen) atoms. The topological polar surface area (TPSA) is 77.6 Å². The normalized spacial score (nSPS) is 10.8. The molecule has 9 heteroatoms. The second-order valence-electron chi connectivity index (χ2n) is 6.20. The first-order chi connectivity index (χ1) is 14.2. The van der Waals surface area contributed by atoms with Crippen molar-refractivity contribution in [3.63, 3.8) is 0 Å². The summed E-state index contributed by atoms with van der Waals surface area (Å²) in [6.45, 7) is 0.691. The molecule has 7 nitrogen and oxygen atoms in total. The van der Waals surface area contributed by atoms with Gasteiger partial charge in [-0.2, -0.15) is 5.10 Å². The number of hydrogen-bond donors (Lipinski definition) is 1. The van der Waals surface area contributed by atoms with E-state index in [0.29, 0.717) is 16.7 Å². The third-order valence-corrected chi connectivity index (χ3v) is 5.25. The number of hydrogen-bond acceptors (Lipinski definition) is 5. The predicted molar refractivity (Wildman–Crippen MR) is 113 cm³/mol. The molecule has 0 radical (unpaired) electrons. The number of nitrogens with zero attached hydrogens (tertiary/aromatic N) is 5. The summed E-state index contributed by atoms with van der Waals surface area (Å²) in [6.07, 6.45) is 5.26. The molecule has 0 bridgehead atoms. The first kappa shape index (κ1) is 19.2. The average molecular weight is 425 g/mol. The van der Waals surface area contributed by atoms with Crippen LogP contribution in [0, 0.1) is 0 Å². The predicted octanol–water partition coefficient (Wildman–Crippen LogP) is 3.90. The maximum atomic E-state index is 12.3. The number of thioether (sulfide) groups is 1. The van der Waals surface area contributed by atoms with Crippen molar-refractivity contribution in [3.8, 4) is 5.69 Å². The lowest BCUT2D eigenvalue weighted by atomic mass is 10.2. The van der Waals surface area contributed by atoms with Gasteiger partial charge >= 0.3 is 0 Å². The Morgan fingerprint density at radius 2 is 2.00 bits per heavy atom. The monoisotopic (exact) mass is 424 g/mol. The summed E-state index contributed by atoms with van der Waals surface area (Å²) in [4.78, 5) is 12.3. The van der Waals surface area contributed by atoms with Gasteiger partial charge in [-0.1, -0.05) is 41.6 Å². The van der Waals surface area contributed by atoms with E-state index >= 15 is 0 Å². The highest BCUT2D eigenvalue weighted by Crippen LogP contribution is 2.22. The third-order valence-electron chi connectivity index (χ3n) is 4.08. The summed E-state index contributed by atoms with van der Waals surface area (Å²) < 4.78 is 3.65. The summed E-state index contributed by atoms with van der Waals surface area (Å²) in [7, 11) is 0. The molecule has 0 unspecified atom stereocenters. The molecule has 0 atom stereocenters. The van der Waals surface area contributed by atoms with E-state index in [1.54, 1.807) is 23.2 Å². The highest BCUT2D eigenvalue weighted by molar-refractivity contribution is 7.99. The van der Waals surface area contributed by atoms with E-state index in [1.165, 1.54) is 11.8 Å². The van der Waals surface area contributed by atoms with Crippen molar-refractivity contribution in [2.75, 3.05) is 11.1 Å².